The predicted molar refractivity (Wildman–Crippen MR) is 70.8 cm³/mol. The van der Waals surface area contributed by atoms with Crippen molar-refractivity contribution < 1.29 is 0 Å². The monoisotopic (exact) mass is 257 g/mol. The zero-order valence-electron chi connectivity index (χ0n) is 9.52. The van der Waals surface area contributed by atoms with E-state index in [-0.39, 0.29) is 0 Å². The van der Waals surface area contributed by atoms with E-state index in [0.29, 0.717) is 6.54 Å². The molecule has 0 spiro atoms. The summed E-state index contributed by atoms with van der Waals surface area (Å²) in [5.41, 5.74) is 0.941. The first-order chi connectivity index (χ1) is 8.93. The van der Waals surface area contributed by atoms with Crippen LogP contribution in [0.5, 0.6) is 0 Å². The summed E-state index contributed by atoms with van der Waals surface area (Å²) in [4.78, 5) is 8.58. The number of nitrogens with one attached hydrogen (secondary N) is 1. The molecule has 0 unspecified atom stereocenters. The molecule has 0 aromatic carbocycles. The third-order valence-corrected chi connectivity index (χ3v) is 3.20. The number of nitrogens with zero attached hydrogens (tertiary/aromatic N) is 4. The molecule has 1 N–H and O–H groups in total. The molecule has 18 heavy (non-hydrogen) atoms. The van der Waals surface area contributed by atoms with Crippen molar-refractivity contribution in [2.75, 3.05) is 5.32 Å². The van der Waals surface area contributed by atoms with Gasteiger partial charge in [0.25, 0.3) is 0 Å². The van der Waals surface area contributed by atoms with E-state index in [2.05, 4.69) is 20.4 Å². The first kappa shape index (κ1) is 10.9. The molecule has 3 rings (SSSR count). The Labute approximate surface area is 108 Å². The van der Waals surface area contributed by atoms with Crippen molar-refractivity contribution in [2.45, 2.75) is 6.54 Å². The van der Waals surface area contributed by atoms with Crippen LogP contribution < -0.4 is 5.32 Å². The van der Waals surface area contributed by atoms with Crippen LogP contribution in [0.25, 0.3) is 5.82 Å². The molecule has 0 bridgehead atoms. The van der Waals surface area contributed by atoms with Crippen molar-refractivity contribution in [1.82, 2.24) is 19.7 Å². The van der Waals surface area contributed by atoms with E-state index in [0.717, 1.165) is 16.5 Å². The van der Waals surface area contributed by atoms with Gasteiger partial charge in [0.15, 0.2) is 5.82 Å². The summed E-state index contributed by atoms with van der Waals surface area (Å²) in [5, 5.41) is 10.5. The lowest BCUT2D eigenvalue weighted by atomic mass is 10.4. The Hall–Kier alpha value is -2.21. The van der Waals surface area contributed by atoms with Crippen LogP contribution in [0, 0.1) is 0 Å². The van der Waals surface area contributed by atoms with Crippen LogP contribution in [-0.4, -0.2) is 19.7 Å². The molecule has 0 atom stereocenters. The van der Waals surface area contributed by atoms with Gasteiger partial charge < -0.3 is 5.32 Å². The fourth-order valence-corrected chi connectivity index (χ4v) is 2.18. The summed E-state index contributed by atoms with van der Waals surface area (Å²) < 4.78 is 1.74. The van der Waals surface area contributed by atoms with Crippen molar-refractivity contribution in [3.8, 4) is 5.82 Å². The Kier molecular flexibility index (Phi) is 3.01. The maximum absolute atomic E-state index is 4.34. The van der Waals surface area contributed by atoms with E-state index in [4.69, 9.17) is 0 Å². The second-order valence-corrected chi connectivity index (χ2v) is 4.58. The molecule has 6 heteroatoms. The molecule has 3 aromatic heterocycles. The highest BCUT2D eigenvalue weighted by molar-refractivity contribution is 7.09. The van der Waals surface area contributed by atoms with Gasteiger partial charge in [-0.15, -0.1) is 11.3 Å². The Bertz CT molecular complexity index is 603. The molecule has 0 saturated carbocycles. The Balaban J connectivity index is 1.84. The van der Waals surface area contributed by atoms with Crippen molar-refractivity contribution in [2.24, 2.45) is 0 Å². The van der Waals surface area contributed by atoms with E-state index < -0.39 is 0 Å². The fraction of sp³-hybridized carbons (Fsp3) is 0.0833. The topological polar surface area (TPSA) is 55.6 Å². The number of rotatable bonds is 4. The summed E-state index contributed by atoms with van der Waals surface area (Å²) >= 11 is 1.63. The molecule has 5 nitrogen and oxygen atoms in total. The van der Waals surface area contributed by atoms with Gasteiger partial charge in [-0.1, -0.05) is 0 Å². The number of pyridine rings is 1. The molecular weight excluding hydrogens is 246 g/mol. The zero-order valence-corrected chi connectivity index (χ0v) is 10.3. The van der Waals surface area contributed by atoms with E-state index in [9.17, 15) is 0 Å². The van der Waals surface area contributed by atoms with Crippen LogP contribution in [0.1, 0.15) is 5.01 Å². The molecular formula is C12H11N5S. The second-order valence-electron chi connectivity index (χ2n) is 3.60. The number of thiazole rings is 1. The maximum Gasteiger partial charge on any atom is 0.176 e. The Morgan fingerprint density at radius 1 is 1.17 bits per heavy atom. The van der Waals surface area contributed by atoms with Gasteiger partial charge in [0.2, 0.25) is 0 Å². The zero-order chi connectivity index (χ0) is 12.2. The highest BCUT2D eigenvalue weighted by Crippen LogP contribution is 2.17. The Morgan fingerprint density at radius 3 is 2.94 bits per heavy atom. The van der Waals surface area contributed by atoms with Crippen LogP contribution in [0.3, 0.4) is 0 Å². The smallest absolute Gasteiger partial charge is 0.176 e. The van der Waals surface area contributed by atoms with E-state index in [1.54, 1.807) is 34.6 Å². The lowest BCUT2D eigenvalue weighted by molar-refractivity contribution is 0.846. The van der Waals surface area contributed by atoms with Gasteiger partial charge in [-0.2, -0.15) is 5.10 Å². The van der Waals surface area contributed by atoms with Crippen LogP contribution in [0.4, 0.5) is 5.69 Å². The molecule has 3 aromatic rings. The quantitative estimate of drug-likeness (QED) is 0.779. The fourth-order valence-electron chi connectivity index (χ4n) is 1.62. The summed E-state index contributed by atoms with van der Waals surface area (Å²) in [6, 6.07) is 5.76. The van der Waals surface area contributed by atoms with Crippen LogP contribution in [-0.2, 0) is 6.54 Å². The first-order valence-electron chi connectivity index (χ1n) is 5.51. The minimum atomic E-state index is 0.692. The largest absolute Gasteiger partial charge is 0.375 e. The van der Waals surface area contributed by atoms with Gasteiger partial charge in [0.1, 0.15) is 5.01 Å². The van der Waals surface area contributed by atoms with Crippen LogP contribution >= 0.6 is 11.3 Å². The molecule has 0 aliphatic rings. The van der Waals surface area contributed by atoms with Crippen molar-refractivity contribution >= 4 is 17.0 Å². The van der Waals surface area contributed by atoms with E-state index >= 15 is 0 Å². The average molecular weight is 257 g/mol. The van der Waals surface area contributed by atoms with Crippen molar-refractivity contribution in [1.29, 1.82) is 0 Å². The minimum Gasteiger partial charge on any atom is -0.375 e. The van der Waals surface area contributed by atoms with Gasteiger partial charge in [0, 0.05) is 30.2 Å². The van der Waals surface area contributed by atoms with Gasteiger partial charge >= 0.3 is 0 Å². The summed E-state index contributed by atoms with van der Waals surface area (Å²) in [6.45, 7) is 0.692. The molecule has 90 valence electrons. The lowest BCUT2D eigenvalue weighted by Crippen LogP contribution is -2.06. The molecule has 3 heterocycles. The SMILES string of the molecule is c1cnc(-n2cccn2)c(NCc2nccs2)c1. The minimum absolute atomic E-state index is 0.692. The van der Waals surface area contributed by atoms with Crippen molar-refractivity contribution in [3.63, 3.8) is 0 Å². The lowest BCUT2D eigenvalue weighted by Gasteiger charge is -2.09. The van der Waals surface area contributed by atoms with Crippen molar-refractivity contribution in [3.05, 3.63) is 53.4 Å². The highest BCUT2D eigenvalue weighted by Gasteiger charge is 2.05. The average Bonchev–Trinajstić information content (AvgIpc) is 3.10. The normalized spacial score (nSPS) is 10.4. The molecule has 0 amide bonds. The number of anilines is 1. The summed E-state index contributed by atoms with van der Waals surface area (Å²) in [5.74, 6) is 0.791. The summed E-state index contributed by atoms with van der Waals surface area (Å²) in [6.07, 6.45) is 7.17. The highest BCUT2D eigenvalue weighted by atomic mass is 32.1. The third kappa shape index (κ3) is 2.23. The molecule has 0 saturated heterocycles. The van der Waals surface area contributed by atoms with E-state index in [1.807, 2.05) is 29.8 Å². The molecule has 0 aliphatic heterocycles. The number of aromatic nitrogens is 4. The van der Waals surface area contributed by atoms with Crippen LogP contribution in [0.15, 0.2) is 48.4 Å². The second kappa shape index (κ2) is 4.97. The summed E-state index contributed by atoms with van der Waals surface area (Å²) in [7, 11) is 0. The maximum atomic E-state index is 4.34. The van der Waals surface area contributed by atoms with E-state index in [1.165, 1.54) is 0 Å². The van der Waals surface area contributed by atoms with Gasteiger partial charge in [-0.05, 0) is 18.2 Å². The number of hydrogen-bond acceptors (Lipinski definition) is 5. The van der Waals surface area contributed by atoms with Gasteiger partial charge in [-0.3, -0.25) is 0 Å². The molecule has 0 aliphatic carbocycles. The van der Waals surface area contributed by atoms with Gasteiger partial charge in [-0.25, -0.2) is 14.6 Å². The molecule has 0 radical (unpaired) electrons. The standard InChI is InChI=1S/C12H11N5S/c1-3-10(15-9-11-13-6-8-18-11)12(14-4-1)17-7-2-5-16-17/h1-8,15H,9H2. The van der Waals surface area contributed by atoms with Gasteiger partial charge in [0.05, 0.1) is 12.2 Å². The van der Waals surface area contributed by atoms with Crippen LogP contribution in [0.2, 0.25) is 0 Å². The Morgan fingerprint density at radius 2 is 2.17 bits per heavy atom. The predicted octanol–water partition coefficient (Wildman–Crippen LogP) is 2.34. The third-order valence-electron chi connectivity index (χ3n) is 2.42. The molecule has 0 fully saturated rings. The number of hydrogen-bond donors (Lipinski definition) is 1. The first-order valence-corrected chi connectivity index (χ1v) is 6.39.